The fraction of sp³-hybridized carbons (Fsp3) is 0.394. The minimum atomic E-state index is -4.72. The Morgan fingerprint density at radius 3 is 2.44 bits per heavy atom. The van der Waals surface area contributed by atoms with Gasteiger partial charge in [0.1, 0.15) is 29.8 Å². The van der Waals surface area contributed by atoms with Gasteiger partial charge in [0.2, 0.25) is 0 Å². The SMILES string of the molecule is CC(C)(C)C[C@]1(c2ccc(-c3cnn(C(F)F)c3)cc2F)NC(=N)N([C@H](COC(=O)NC2(C(F)(F)F)CC2)c2ccc(Cl)c(-c3ncn[nH]3)c2)C1=O. The van der Waals surface area contributed by atoms with E-state index in [2.05, 4.69) is 25.6 Å². The van der Waals surface area contributed by atoms with E-state index in [1.54, 1.807) is 20.8 Å². The average molecular weight is 752 g/mol. The summed E-state index contributed by atoms with van der Waals surface area (Å²) in [4.78, 5) is 32.6. The van der Waals surface area contributed by atoms with Crippen molar-refractivity contribution in [3.05, 3.63) is 77.1 Å². The molecular formula is C33H32ClF6N9O3. The van der Waals surface area contributed by atoms with E-state index in [1.807, 2.05) is 5.32 Å². The molecule has 4 N–H and O–H groups in total. The molecular weight excluding hydrogens is 720 g/mol. The molecule has 2 amide bonds. The van der Waals surface area contributed by atoms with Crippen LogP contribution in [0.4, 0.5) is 31.1 Å². The van der Waals surface area contributed by atoms with Gasteiger partial charge in [-0.2, -0.15) is 32.1 Å². The lowest BCUT2D eigenvalue weighted by molar-refractivity contribution is -0.164. The zero-order valence-corrected chi connectivity index (χ0v) is 28.5. The van der Waals surface area contributed by atoms with Gasteiger partial charge in [0.05, 0.1) is 17.3 Å². The Hall–Kier alpha value is -5.13. The molecule has 12 nitrogen and oxygen atoms in total. The summed E-state index contributed by atoms with van der Waals surface area (Å²) in [6, 6.07) is 6.89. The van der Waals surface area contributed by atoms with Crippen LogP contribution in [0.1, 0.15) is 63.8 Å². The van der Waals surface area contributed by atoms with Gasteiger partial charge in [0, 0.05) is 22.9 Å². The van der Waals surface area contributed by atoms with Crippen molar-refractivity contribution < 1.29 is 40.7 Å². The summed E-state index contributed by atoms with van der Waals surface area (Å²) in [5.41, 5.74) is -4.26. The van der Waals surface area contributed by atoms with Crippen LogP contribution < -0.4 is 10.6 Å². The molecule has 1 saturated heterocycles. The van der Waals surface area contributed by atoms with Gasteiger partial charge in [-0.3, -0.25) is 20.2 Å². The largest absolute Gasteiger partial charge is 0.447 e. The Bertz CT molecular complexity index is 2010. The first kappa shape index (κ1) is 36.7. The maximum absolute atomic E-state index is 16.2. The van der Waals surface area contributed by atoms with E-state index in [1.165, 1.54) is 36.7 Å². The lowest BCUT2D eigenvalue weighted by Gasteiger charge is -2.35. The number of halogens is 7. The zero-order valence-electron chi connectivity index (χ0n) is 27.8. The smallest absolute Gasteiger partial charge is 0.411 e. The van der Waals surface area contributed by atoms with Crippen LogP contribution in [0.5, 0.6) is 0 Å². The number of aromatic nitrogens is 5. The quantitative estimate of drug-likeness (QED) is 0.126. The minimum absolute atomic E-state index is 0.0661. The number of guanidine groups is 1. The second-order valence-electron chi connectivity index (χ2n) is 13.9. The average Bonchev–Trinajstić information content (AvgIpc) is 3.38. The highest BCUT2D eigenvalue weighted by molar-refractivity contribution is 6.33. The summed E-state index contributed by atoms with van der Waals surface area (Å²) in [5, 5.41) is 24.0. The molecule has 4 aromatic rings. The highest BCUT2D eigenvalue weighted by Crippen LogP contribution is 2.49. The number of rotatable bonds is 10. The number of benzene rings is 2. The monoisotopic (exact) mass is 751 g/mol. The number of ether oxygens (including phenoxy) is 1. The van der Waals surface area contributed by atoms with Crippen molar-refractivity contribution >= 4 is 29.6 Å². The first-order chi connectivity index (χ1) is 24.3. The number of amides is 2. The van der Waals surface area contributed by atoms with E-state index in [0.29, 0.717) is 10.2 Å². The van der Waals surface area contributed by atoms with Gasteiger partial charge < -0.3 is 15.4 Å². The summed E-state index contributed by atoms with van der Waals surface area (Å²) < 4.78 is 89.1. The van der Waals surface area contributed by atoms with E-state index in [4.69, 9.17) is 21.7 Å². The molecule has 1 saturated carbocycles. The highest BCUT2D eigenvalue weighted by atomic mass is 35.5. The summed E-state index contributed by atoms with van der Waals surface area (Å²) >= 11 is 6.44. The fourth-order valence-electron chi connectivity index (χ4n) is 6.33. The van der Waals surface area contributed by atoms with Crippen LogP contribution >= 0.6 is 11.6 Å². The van der Waals surface area contributed by atoms with Crippen molar-refractivity contribution in [2.45, 2.75) is 69.9 Å². The van der Waals surface area contributed by atoms with Crippen LogP contribution in [0.15, 0.2) is 55.1 Å². The second kappa shape index (κ2) is 13.1. The number of nitrogens with one attached hydrogen (secondary N) is 4. The number of hydrogen-bond acceptors (Lipinski definition) is 7. The Labute approximate surface area is 297 Å². The maximum atomic E-state index is 16.2. The van der Waals surface area contributed by atoms with Gasteiger partial charge in [0.25, 0.3) is 5.91 Å². The Morgan fingerprint density at radius 1 is 1.13 bits per heavy atom. The minimum Gasteiger partial charge on any atom is -0.447 e. The summed E-state index contributed by atoms with van der Waals surface area (Å²) in [5.74, 6) is -2.01. The topological polar surface area (TPSA) is 154 Å². The van der Waals surface area contributed by atoms with Crippen molar-refractivity contribution in [1.82, 2.24) is 40.5 Å². The van der Waals surface area contributed by atoms with E-state index < -0.39 is 65.6 Å². The van der Waals surface area contributed by atoms with Gasteiger partial charge in [-0.25, -0.2) is 18.9 Å². The van der Waals surface area contributed by atoms with Crippen molar-refractivity contribution in [1.29, 1.82) is 5.41 Å². The van der Waals surface area contributed by atoms with Gasteiger partial charge in [-0.05, 0) is 54.0 Å². The molecule has 0 bridgehead atoms. The number of H-pyrrole nitrogens is 1. The van der Waals surface area contributed by atoms with E-state index in [0.717, 1.165) is 23.4 Å². The summed E-state index contributed by atoms with van der Waals surface area (Å²) in [6.45, 7) is 1.74. The number of aromatic amines is 1. The van der Waals surface area contributed by atoms with Crippen LogP contribution in [0.3, 0.4) is 0 Å². The maximum Gasteiger partial charge on any atom is 0.411 e. The molecule has 3 heterocycles. The van der Waals surface area contributed by atoms with E-state index in [-0.39, 0.29) is 52.4 Å². The third-order valence-electron chi connectivity index (χ3n) is 8.88. The number of alkyl carbamates (subject to hydrolysis) is 1. The van der Waals surface area contributed by atoms with Crippen LogP contribution in [0.2, 0.25) is 5.02 Å². The van der Waals surface area contributed by atoms with Gasteiger partial charge in [0.15, 0.2) is 11.8 Å². The molecule has 2 aliphatic rings. The lowest BCUT2D eigenvalue weighted by atomic mass is 9.75. The molecule has 0 unspecified atom stereocenters. The number of alkyl halides is 5. The van der Waals surface area contributed by atoms with Crippen LogP contribution in [-0.2, 0) is 15.1 Å². The Kier molecular flexibility index (Phi) is 9.25. The predicted octanol–water partition coefficient (Wildman–Crippen LogP) is 7.08. The Balaban J connectivity index is 1.40. The number of nitrogens with zero attached hydrogens (tertiary/aromatic N) is 5. The molecule has 2 fully saturated rings. The first-order valence-electron chi connectivity index (χ1n) is 15.8. The van der Waals surface area contributed by atoms with E-state index >= 15 is 4.39 Å². The number of carbonyl (C=O) groups is 2. The summed E-state index contributed by atoms with van der Waals surface area (Å²) in [7, 11) is 0. The summed E-state index contributed by atoms with van der Waals surface area (Å²) in [6.07, 6.45) is -3.44. The molecule has 0 radical (unpaired) electrons. The first-order valence-corrected chi connectivity index (χ1v) is 16.2. The van der Waals surface area contributed by atoms with E-state index in [9.17, 15) is 31.5 Å². The van der Waals surface area contributed by atoms with Crippen molar-refractivity contribution in [3.8, 4) is 22.5 Å². The van der Waals surface area contributed by atoms with Crippen molar-refractivity contribution in [3.63, 3.8) is 0 Å². The zero-order chi connectivity index (χ0) is 37.8. The van der Waals surface area contributed by atoms with Gasteiger partial charge in [-0.1, -0.05) is 50.6 Å². The van der Waals surface area contributed by atoms with Crippen LogP contribution in [0.25, 0.3) is 22.5 Å². The Morgan fingerprint density at radius 2 is 1.87 bits per heavy atom. The number of hydrogen-bond donors (Lipinski definition) is 4. The standard InChI is InChI=1S/C33H32ClF6N9O3/c1-30(2,3)15-32(21-6-4-17(11-23(21)35)19-12-44-48(13-19)27(36)37)26(50)49(28(41)45-32)24(14-52-29(51)46-31(8-9-31)33(38,39)40)18-5-7-22(34)20(10-18)25-42-16-43-47-25/h4-7,10-13,16,24,27H,8-9,14-15H2,1-3H3,(H2,41,45)(H,46,51)(H,42,43,47)/t24-,32-/m1/s1. The van der Waals surface area contributed by atoms with Crippen molar-refractivity contribution in [2.24, 2.45) is 5.41 Å². The normalized spacial score (nSPS) is 19.2. The van der Waals surface area contributed by atoms with Crippen LogP contribution in [0, 0.1) is 16.6 Å². The molecule has 19 heteroatoms. The third kappa shape index (κ3) is 6.90. The third-order valence-corrected chi connectivity index (χ3v) is 9.21. The second-order valence-corrected chi connectivity index (χ2v) is 14.3. The van der Waals surface area contributed by atoms with Crippen molar-refractivity contribution in [2.75, 3.05) is 6.61 Å². The molecule has 2 aromatic heterocycles. The molecule has 6 rings (SSSR count). The molecule has 52 heavy (non-hydrogen) atoms. The molecule has 2 aromatic carbocycles. The van der Waals surface area contributed by atoms with Gasteiger partial charge in [-0.15, -0.1) is 0 Å². The highest BCUT2D eigenvalue weighted by Gasteiger charge is 2.65. The predicted molar refractivity (Wildman–Crippen MR) is 174 cm³/mol. The molecule has 1 aliphatic carbocycles. The number of carbonyl (C=O) groups excluding carboxylic acids is 2. The lowest BCUT2D eigenvalue weighted by Crippen LogP contribution is -2.49. The molecule has 1 aliphatic heterocycles. The van der Waals surface area contributed by atoms with Gasteiger partial charge >= 0.3 is 18.8 Å². The molecule has 0 spiro atoms. The molecule has 2 atom stereocenters. The van der Waals surface area contributed by atoms with Crippen LogP contribution in [-0.4, -0.2) is 66.1 Å². The fourth-order valence-corrected chi connectivity index (χ4v) is 6.53. The molecule has 276 valence electrons.